The number of nitrogens with one attached hydrogen (secondary N) is 1. The van der Waals surface area contributed by atoms with Crippen LogP contribution < -0.4 is 10.2 Å². The van der Waals surface area contributed by atoms with E-state index in [1.54, 1.807) is 0 Å². The second-order valence-electron chi connectivity index (χ2n) is 5.58. The van der Waals surface area contributed by atoms with Gasteiger partial charge in [-0.25, -0.2) is 8.42 Å². The maximum atomic E-state index is 11.8. The smallest absolute Gasteiger partial charge is 0.152 e. The van der Waals surface area contributed by atoms with Gasteiger partial charge in [-0.2, -0.15) is 0 Å². The van der Waals surface area contributed by atoms with E-state index in [4.69, 9.17) is 11.6 Å². The van der Waals surface area contributed by atoms with Gasteiger partial charge in [-0.1, -0.05) is 17.7 Å². The zero-order chi connectivity index (χ0) is 14.9. The highest BCUT2D eigenvalue weighted by atomic mass is 35.5. The molecule has 0 bridgehead atoms. The summed E-state index contributed by atoms with van der Waals surface area (Å²) in [6.07, 6.45) is 3.86. The molecule has 0 heterocycles. The molecule has 0 aliphatic heterocycles. The average molecular weight is 317 g/mol. The number of benzene rings is 1. The number of hydrogen-bond donors (Lipinski definition) is 1. The first-order chi connectivity index (χ1) is 9.30. The minimum Gasteiger partial charge on any atom is -0.379 e. The number of para-hydroxylation sites is 1. The molecule has 1 aliphatic rings. The molecule has 20 heavy (non-hydrogen) atoms. The first-order valence-corrected chi connectivity index (χ1v) is 9.05. The van der Waals surface area contributed by atoms with Crippen molar-refractivity contribution in [3.63, 3.8) is 0 Å². The van der Waals surface area contributed by atoms with Crippen molar-refractivity contribution in [3.05, 3.63) is 23.2 Å². The summed E-state index contributed by atoms with van der Waals surface area (Å²) in [5.41, 5.74) is 1.79. The van der Waals surface area contributed by atoms with Gasteiger partial charge in [0.2, 0.25) is 0 Å². The molecule has 1 aromatic rings. The minimum absolute atomic E-state index is 0.0397. The largest absolute Gasteiger partial charge is 0.379 e. The number of anilines is 2. The van der Waals surface area contributed by atoms with Gasteiger partial charge < -0.3 is 10.2 Å². The molecule has 1 aromatic carbocycles. The van der Waals surface area contributed by atoms with E-state index in [-0.39, 0.29) is 11.3 Å². The molecule has 2 rings (SSSR count). The molecule has 0 spiro atoms. The van der Waals surface area contributed by atoms with Crippen LogP contribution in [0.5, 0.6) is 0 Å². The molecule has 4 nitrogen and oxygen atoms in total. The van der Waals surface area contributed by atoms with Crippen molar-refractivity contribution in [2.45, 2.75) is 30.6 Å². The monoisotopic (exact) mass is 316 g/mol. The highest BCUT2D eigenvalue weighted by Gasteiger charge is 2.35. The normalized spacial score (nSPS) is 22.8. The molecule has 0 aromatic heterocycles. The van der Waals surface area contributed by atoms with E-state index in [1.807, 2.05) is 37.2 Å². The SMILES string of the molecule is CN(C)c1c(Cl)cccc1NC1CCCC1S(C)(=O)=O. The van der Waals surface area contributed by atoms with Gasteiger partial charge in [-0.15, -0.1) is 0 Å². The Balaban J connectivity index is 2.29. The molecule has 1 fully saturated rings. The molecule has 1 aliphatic carbocycles. The van der Waals surface area contributed by atoms with Crippen LogP contribution in [0.4, 0.5) is 11.4 Å². The maximum absolute atomic E-state index is 11.8. The topological polar surface area (TPSA) is 49.4 Å². The third kappa shape index (κ3) is 3.20. The van der Waals surface area contributed by atoms with Crippen LogP contribution in [0.1, 0.15) is 19.3 Å². The van der Waals surface area contributed by atoms with Crippen LogP contribution in [0, 0.1) is 0 Å². The summed E-state index contributed by atoms with van der Waals surface area (Å²) >= 11 is 6.24. The standard InChI is InChI=1S/C14H21ClN2O2S/c1-17(2)14-10(15)6-4-8-12(14)16-11-7-5-9-13(11)20(3,18)19/h4,6,8,11,13,16H,5,7,9H2,1-3H3. The number of rotatable bonds is 4. The molecule has 1 N–H and O–H groups in total. The first kappa shape index (κ1) is 15.4. The van der Waals surface area contributed by atoms with E-state index in [2.05, 4.69) is 5.32 Å². The number of sulfone groups is 1. The molecule has 0 saturated heterocycles. The van der Waals surface area contributed by atoms with Gasteiger partial charge in [0.1, 0.15) is 0 Å². The van der Waals surface area contributed by atoms with E-state index < -0.39 is 9.84 Å². The van der Waals surface area contributed by atoms with Crippen LogP contribution in [-0.4, -0.2) is 40.1 Å². The van der Waals surface area contributed by atoms with E-state index >= 15 is 0 Å². The van der Waals surface area contributed by atoms with Gasteiger partial charge in [0.25, 0.3) is 0 Å². The minimum atomic E-state index is -3.02. The van der Waals surface area contributed by atoms with Gasteiger partial charge in [0, 0.05) is 26.4 Å². The van der Waals surface area contributed by atoms with Crippen LogP contribution in [0.3, 0.4) is 0 Å². The Morgan fingerprint density at radius 3 is 2.60 bits per heavy atom. The summed E-state index contributed by atoms with van der Waals surface area (Å²) in [4.78, 5) is 1.94. The fourth-order valence-electron chi connectivity index (χ4n) is 2.89. The number of nitrogens with zero attached hydrogens (tertiary/aromatic N) is 1. The Kier molecular flexibility index (Phi) is 4.49. The molecule has 0 radical (unpaired) electrons. The fourth-order valence-corrected chi connectivity index (χ4v) is 4.63. The Bertz CT molecular complexity index is 587. The molecular formula is C14H21ClN2O2S. The molecule has 112 valence electrons. The van der Waals surface area contributed by atoms with Crippen LogP contribution in [-0.2, 0) is 9.84 Å². The quantitative estimate of drug-likeness (QED) is 0.928. The van der Waals surface area contributed by atoms with Crippen molar-refractivity contribution in [1.82, 2.24) is 0 Å². The van der Waals surface area contributed by atoms with Gasteiger partial charge in [-0.05, 0) is 31.4 Å². The Morgan fingerprint density at radius 1 is 1.30 bits per heavy atom. The predicted molar refractivity (Wildman–Crippen MR) is 85.7 cm³/mol. The van der Waals surface area contributed by atoms with E-state index in [9.17, 15) is 8.42 Å². The molecular weight excluding hydrogens is 296 g/mol. The second kappa shape index (κ2) is 5.82. The van der Waals surface area contributed by atoms with Crippen molar-refractivity contribution in [1.29, 1.82) is 0 Å². The van der Waals surface area contributed by atoms with E-state index in [1.165, 1.54) is 6.26 Å². The van der Waals surface area contributed by atoms with Gasteiger partial charge in [0.05, 0.1) is 21.6 Å². The van der Waals surface area contributed by atoms with Crippen molar-refractivity contribution in [2.24, 2.45) is 0 Å². The second-order valence-corrected chi connectivity index (χ2v) is 8.25. The molecule has 1 saturated carbocycles. The maximum Gasteiger partial charge on any atom is 0.152 e. The Hall–Kier alpha value is -0.940. The van der Waals surface area contributed by atoms with Gasteiger partial charge in [-0.3, -0.25) is 0 Å². The van der Waals surface area contributed by atoms with Crippen LogP contribution in [0.25, 0.3) is 0 Å². The zero-order valence-electron chi connectivity index (χ0n) is 12.1. The third-order valence-corrected chi connectivity index (χ3v) is 5.75. The highest BCUT2D eigenvalue weighted by molar-refractivity contribution is 7.91. The highest BCUT2D eigenvalue weighted by Crippen LogP contribution is 2.35. The van der Waals surface area contributed by atoms with Crippen molar-refractivity contribution in [2.75, 3.05) is 30.6 Å². The van der Waals surface area contributed by atoms with Crippen molar-refractivity contribution >= 4 is 32.8 Å². The van der Waals surface area contributed by atoms with Gasteiger partial charge >= 0.3 is 0 Å². The summed E-state index contributed by atoms with van der Waals surface area (Å²) in [7, 11) is 0.827. The summed E-state index contributed by atoms with van der Waals surface area (Å²) in [5, 5.41) is 3.74. The lowest BCUT2D eigenvalue weighted by Gasteiger charge is -2.25. The lowest BCUT2D eigenvalue weighted by atomic mass is 10.2. The number of halogens is 1. The zero-order valence-corrected chi connectivity index (χ0v) is 13.6. The van der Waals surface area contributed by atoms with Crippen LogP contribution in [0.15, 0.2) is 18.2 Å². The van der Waals surface area contributed by atoms with Crippen molar-refractivity contribution < 1.29 is 8.42 Å². The van der Waals surface area contributed by atoms with Gasteiger partial charge in [0.15, 0.2) is 9.84 Å². The Labute approximate surface area is 126 Å². The van der Waals surface area contributed by atoms with E-state index in [0.717, 1.165) is 30.6 Å². The lowest BCUT2D eigenvalue weighted by Crippen LogP contribution is -2.34. The summed E-state index contributed by atoms with van der Waals surface area (Å²) in [6, 6.07) is 5.62. The summed E-state index contributed by atoms with van der Waals surface area (Å²) < 4.78 is 23.7. The van der Waals surface area contributed by atoms with Crippen LogP contribution in [0.2, 0.25) is 5.02 Å². The third-order valence-electron chi connectivity index (χ3n) is 3.78. The first-order valence-electron chi connectivity index (χ1n) is 6.72. The molecule has 6 heteroatoms. The van der Waals surface area contributed by atoms with Crippen molar-refractivity contribution in [3.8, 4) is 0 Å². The lowest BCUT2D eigenvalue weighted by molar-refractivity contribution is 0.579. The molecule has 2 unspecified atom stereocenters. The summed E-state index contributed by atoms with van der Waals surface area (Å²) in [5.74, 6) is 0. The average Bonchev–Trinajstić information content (AvgIpc) is 2.76. The Morgan fingerprint density at radius 2 is 2.00 bits per heavy atom. The summed E-state index contributed by atoms with van der Waals surface area (Å²) in [6.45, 7) is 0. The van der Waals surface area contributed by atoms with E-state index in [0.29, 0.717) is 5.02 Å². The predicted octanol–water partition coefficient (Wildman–Crippen LogP) is 2.78. The number of hydrogen-bond acceptors (Lipinski definition) is 4. The molecule has 0 amide bonds. The van der Waals surface area contributed by atoms with Crippen LogP contribution >= 0.6 is 11.6 Å². The fraction of sp³-hybridized carbons (Fsp3) is 0.571. The molecule has 2 atom stereocenters.